The zero-order chi connectivity index (χ0) is 15.5. The highest BCUT2D eigenvalue weighted by molar-refractivity contribution is 9.10. The molecule has 3 N–H and O–H groups in total. The minimum atomic E-state index is -0.846. The molecule has 7 heteroatoms. The maximum atomic E-state index is 11.8. The van der Waals surface area contributed by atoms with Crippen LogP contribution in [0.2, 0.25) is 0 Å². The third kappa shape index (κ3) is 3.47. The normalized spacial score (nSPS) is 15.7. The number of amides is 2. The van der Waals surface area contributed by atoms with Crippen molar-refractivity contribution in [3.8, 4) is 5.75 Å². The summed E-state index contributed by atoms with van der Waals surface area (Å²) in [5.74, 6) is -0.179. The lowest BCUT2D eigenvalue weighted by atomic mass is 9.69. The van der Waals surface area contributed by atoms with Gasteiger partial charge in [0.1, 0.15) is 5.75 Å². The van der Waals surface area contributed by atoms with Gasteiger partial charge in [0.15, 0.2) is 0 Å². The summed E-state index contributed by atoms with van der Waals surface area (Å²) in [7, 11) is 1.56. The molecule has 0 unspecified atom stereocenters. The van der Waals surface area contributed by atoms with E-state index in [4.69, 9.17) is 4.74 Å². The largest absolute Gasteiger partial charge is 0.496 e. The number of benzene rings is 1. The van der Waals surface area contributed by atoms with Gasteiger partial charge in [-0.15, -0.1) is 0 Å². The van der Waals surface area contributed by atoms with Crippen LogP contribution in [0.25, 0.3) is 0 Å². The fourth-order valence-electron chi connectivity index (χ4n) is 2.24. The maximum absolute atomic E-state index is 11.8. The second kappa shape index (κ2) is 6.34. The van der Waals surface area contributed by atoms with Gasteiger partial charge >= 0.3 is 12.0 Å². The Morgan fingerprint density at radius 3 is 2.62 bits per heavy atom. The fraction of sp³-hybridized carbons (Fsp3) is 0.429. The van der Waals surface area contributed by atoms with E-state index in [1.54, 1.807) is 25.3 Å². The number of carbonyl (C=O) groups excluding carboxylic acids is 1. The lowest BCUT2D eigenvalue weighted by Crippen LogP contribution is -2.48. The Labute approximate surface area is 131 Å². The molecule has 1 aliphatic rings. The van der Waals surface area contributed by atoms with E-state index in [-0.39, 0.29) is 6.54 Å². The third-order valence-corrected chi connectivity index (χ3v) is 4.38. The number of methoxy groups -OCH3 is 1. The van der Waals surface area contributed by atoms with Crippen LogP contribution in [0, 0.1) is 5.41 Å². The van der Waals surface area contributed by atoms with Gasteiger partial charge in [-0.3, -0.25) is 4.79 Å². The Morgan fingerprint density at radius 1 is 1.43 bits per heavy atom. The van der Waals surface area contributed by atoms with E-state index in [0.717, 1.165) is 10.9 Å². The van der Waals surface area contributed by atoms with Crippen molar-refractivity contribution in [2.24, 2.45) is 5.41 Å². The van der Waals surface area contributed by atoms with Crippen molar-refractivity contribution in [1.29, 1.82) is 0 Å². The van der Waals surface area contributed by atoms with Crippen molar-refractivity contribution < 1.29 is 19.4 Å². The predicted octanol–water partition coefficient (Wildman–Crippen LogP) is 2.83. The number of carboxylic acid groups (broad SMARTS) is 1. The summed E-state index contributed by atoms with van der Waals surface area (Å²) in [5, 5.41) is 14.5. The van der Waals surface area contributed by atoms with E-state index < -0.39 is 17.4 Å². The van der Waals surface area contributed by atoms with Crippen LogP contribution in [-0.4, -0.2) is 30.8 Å². The van der Waals surface area contributed by atoms with Crippen LogP contribution in [0.3, 0.4) is 0 Å². The maximum Gasteiger partial charge on any atom is 0.319 e. The van der Waals surface area contributed by atoms with E-state index in [0.29, 0.717) is 24.3 Å². The van der Waals surface area contributed by atoms with E-state index in [9.17, 15) is 14.7 Å². The molecule has 0 spiro atoms. The third-order valence-electron chi connectivity index (χ3n) is 3.76. The number of halogens is 1. The van der Waals surface area contributed by atoms with Crippen molar-refractivity contribution in [1.82, 2.24) is 5.32 Å². The summed E-state index contributed by atoms with van der Waals surface area (Å²) in [4.78, 5) is 23.0. The Bertz CT molecular complexity index is 558. The standard InChI is InChI=1S/C14H17BrN2O4/c1-21-11-4-3-9(7-10(11)15)17-13(20)16-8-14(12(18)19)5-2-6-14/h3-4,7H,2,5-6,8H2,1H3,(H,18,19)(H2,16,17,20). The molecule has 1 fully saturated rings. The molecule has 0 heterocycles. The quantitative estimate of drug-likeness (QED) is 0.756. The van der Waals surface area contributed by atoms with Crippen LogP contribution in [0.15, 0.2) is 22.7 Å². The zero-order valence-corrected chi connectivity index (χ0v) is 13.2. The average molecular weight is 357 g/mol. The number of carbonyl (C=O) groups is 2. The number of anilines is 1. The monoisotopic (exact) mass is 356 g/mol. The molecule has 0 atom stereocenters. The van der Waals surface area contributed by atoms with Gasteiger partial charge in [-0.25, -0.2) is 4.79 Å². The van der Waals surface area contributed by atoms with Crippen LogP contribution >= 0.6 is 15.9 Å². The van der Waals surface area contributed by atoms with E-state index in [1.165, 1.54) is 0 Å². The topological polar surface area (TPSA) is 87.7 Å². The van der Waals surface area contributed by atoms with Crippen molar-refractivity contribution in [3.05, 3.63) is 22.7 Å². The first-order chi connectivity index (χ1) is 9.97. The zero-order valence-electron chi connectivity index (χ0n) is 11.6. The molecule has 6 nitrogen and oxygen atoms in total. The van der Waals surface area contributed by atoms with Gasteiger partial charge in [-0.05, 0) is 47.0 Å². The van der Waals surface area contributed by atoms with Crippen LogP contribution in [-0.2, 0) is 4.79 Å². The number of urea groups is 1. The van der Waals surface area contributed by atoms with Gasteiger partial charge in [0, 0.05) is 12.2 Å². The average Bonchev–Trinajstić information content (AvgIpc) is 2.37. The molecule has 1 aliphatic carbocycles. The summed E-state index contributed by atoms with van der Waals surface area (Å²) in [6, 6.07) is 4.73. The first-order valence-corrected chi connectivity index (χ1v) is 7.38. The molecule has 0 aromatic heterocycles. The van der Waals surface area contributed by atoms with Gasteiger partial charge in [0.2, 0.25) is 0 Å². The predicted molar refractivity (Wildman–Crippen MR) is 81.6 cm³/mol. The molecule has 0 bridgehead atoms. The van der Waals surface area contributed by atoms with Crippen LogP contribution < -0.4 is 15.4 Å². The number of ether oxygens (including phenoxy) is 1. The highest BCUT2D eigenvalue weighted by atomic mass is 79.9. The second-order valence-corrected chi connectivity index (χ2v) is 5.95. The summed E-state index contributed by atoms with van der Waals surface area (Å²) in [6.07, 6.45) is 2.11. The van der Waals surface area contributed by atoms with Crippen molar-refractivity contribution in [2.45, 2.75) is 19.3 Å². The SMILES string of the molecule is COc1ccc(NC(=O)NCC2(C(=O)O)CCC2)cc1Br. The Hall–Kier alpha value is -1.76. The highest BCUT2D eigenvalue weighted by Gasteiger charge is 2.44. The Kier molecular flexibility index (Phi) is 4.72. The van der Waals surface area contributed by atoms with E-state index >= 15 is 0 Å². The number of carboxylic acids is 1. The van der Waals surface area contributed by atoms with Crippen LogP contribution in [0.5, 0.6) is 5.75 Å². The molecule has 0 radical (unpaired) electrons. The van der Waals surface area contributed by atoms with Gasteiger partial charge in [0.05, 0.1) is 17.0 Å². The van der Waals surface area contributed by atoms with Crippen LogP contribution in [0.4, 0.5) is 10.5 Å². The number of nitrogens with one attached hydrogen (secondary N) is 2. The van der Waals surface area contributed by atoms with Crippen molar-refractivity contribution in [2.75, 3.05) is 19.0 Å². The van der Waals surface area contributed by atoms with Crippen molar-refractivity contribution in [3.63, 3.8) is 0 Å². The molecule has 21 heavy (non-hydrogen) atoms. The fourth-order valence-corrected chi connectivity index (χ4v) is 2.78. The lowest BCUT2D eigenvalue weighted by Gasteiger charge is -2.37. The molecule has 114 valence electrons. The number of aliphatic carboxylic acids is 1. The highest BCUT2D eigenvalue weighted by Crippen LogP contribution is 2.40. The van der Waals surface area contributed by atoms with Crippen molar-refractivity contribution >= 4 is 33.6 Å². The minimum absolute atomic E-state index is 0.144. The smallest absolute Gasteiger partial charge is 0.319 e. The first kappa shape index (κ1) is 15.6. The first-order valence-electron chi connectivity index (χ1n) is 6.59. The Balaban J connectivity index is 1.90. The summed E-state index contributed by atoms with van der Waals surface area (Å²) < 4.78 is 5.83. The molecule has 1 aromatic rings. The Morgan fingerprint density at radius 2 is 2.14 bits per heavy atom. The lowest BCUT2D eigenvalue weighted by molar-refractivity contribution is -0.153. The van der Waals surface area contributed by atoms with Crippen LogP contribution in [0.1, 0.15) is 19.3 Å². The molecular formula is C14H17BrN2O4. The number of hydrogen-bond donors (Lipinski definition) is 3. The molecule has 1 aromatic carbocycles. The summed E-state index contributed by atoms with van der Waals surface area (Å²) in [5.41, 5.74) is -0.198. The number of hydrogen-bond acceptors (Lipinski definition) is 3. The van der Waals surface area contributed by atoms with Gasteiger partial charge in [-0.2, -0.15) is 0 Å². The van der Waals surface area contributed by atoms with Gasteiger partial charge in [0.25, 0.3) is 0 Å². The summed E-state index contributed by atoms with van der Waals surface area (Å²) in [6.45, 7) is 0.144. The molecule has 2 rings (SSSR count). The molecule has 0 aliphatic heterocycles. The molecule has 1 saturated carbocycles. The van der Waals surface area contributed by atoms with E-state index in [1.807, 2.05) is 0 Å². The molecule has 2 amide bonds. The van der Waals surface area contributed by atoms with Gasteiger partial charge < -0.3 is 20.5 Å². The van der Waals surface area contributed by atoms with E-state index in [2.05, 4.69) is 26.6 Å². The summed E-state index contributed by atoms with van der Waals surface area (Å²) >= 11 is 3.33. The minimum Gasteiger partial charge on any atom is -0.496 e. The second-order valence-electron chi connectivity index (χ2n) is 5.10. The molecular weight excluding hydrogens is 340 g/mol. The number of rotatable bonds is 5. The molecule has 0 saturated heterocycles. The van der Waals surface area contributed by atoms with Gasteiger partial charge in [-0.1, -0.05) is 6.42 Å².